The summed E-state index contributed by atoms with van der Waals surface area (Å²) in [6.45, 7) is 1.36. The number of pyridine rings is 1. The number of esters is 1. The minimum Gasteiger partial charge on any atom is -0.543 e. The summed E-state index contributed by atoms with van der Waals surface area (Å²) in [5, 5.41) is 23.0. The summed E-state index contributed by atoms with van der Waals surface area (Å²) in [6, 6.07) is 4.31. The normalized spacial score (nSPS) is 18.8. The monoisotopic (exact) mass is 587 g/mol. The summed E-state index contributed by atoms with van der Waals surface area (Å²) >= 11 is 2.85. The molecule has 0 spiro atoms. The molecule has 40 heavy (non-hydrogen) atoms. The number of carbonyl (C=O) groups excluding carboxylic acids is 4. The van der Waals surface area contributed by atoms with Crippen molar-refractivity contribution in [1.82, 2.24) is 20.4 Å². The first-order valence-electron chi connectivity index (χ1n) is 11.8. The van der Waals surface area contributed by atoms with E-state index in [0.29, 0.717) is 5.57 Å². The number of thioether (sulfide) groups is 1. The number of nitrogen functional groups attached to an aromatic ring is 1. The lowest BCUT2D eigenvalue weighted by atomic mass is 10.0. The average molecular weight is 588 g/mol. The first-order valence-corrected chi connectivity index (χ1v) is 13.7. The first kappa shape index (κ1) is 27.1. The van der Waals surface area contributed by atoms with Gasteiger partial charge in [-0.2, -0.15) is 9.55 Å². The molecule has 3 aromatic rings. The molecule has 17 heteroatoms. The quantitative estimate of drug-likeness (QED) is 0.0918. The molecule has 5 rings (SSSR count). The average Bonchev–Trinajstić information content (AvgIpc) is 3.59. The lowest BCUT2D eigenvalue weighted by Crippen LogP contribution is -2.71. The molecule has 3 N–H and O–H groups in total. The zero-order valence-corrected chi connectivity index (χ0v) is 22.4. The van der Waals surface area contributed by atoms with E-state index in [9.17, 15) is 24.3 Å². The maximum Gasteiger partial charge on any atom is 0.347 e. The van der Waals surface area contributed by atoms with Crippen LogP contribution in [0.15, 0.2) is 50.7 Å². The number of hydrogen-bond acceptors (Lipinski definition) is 14. The standard InChI is InChI=1S/C23H21N7O8S2/c1-2-36-14(31)9-37-27-15(18-26-23(24)38-28-18)19(32)25-16-20(33)30-17(22(34)35)11(10-40-21(16)30)8-29-6-3-4-13-12(29)5-7-39-13/h3-7,16,21H,2,8-10H2,1H3,(H3-,24,25,26,28,32,34,35)/t16?,21-/m0/s1. The van der Waals surface area contributed by atoms with Crippen LogP contribution in [0.2, 0.25) is 0 Å². The Labute approximate surface area is 233 Å². The minimum atomic E-state index is -1.49. The fraction of sp³-hybridized carbons (Fsp3) is 0.304. The van der Waals surface area contributed by atoms with Crippen LogP contribution in [0.5, 0.6) is 0 Å². The number of anilines is 1. The minimum absolute atomic E-state index is 0.117. The number of ether oxygens (including phenoxy) is 1. The Morgan fingerprint density at radius 3 is 2.92 bits per heavy atom. The van der Waals surface area contributed by atoms with Crippen LogP contribution in [0.25, 0.3) is 10.2 Å². The van der Waals surface area contributed by atoms with Crippen LogP contribution < -0.4 is 20.7 Å². The van der Waals surface area contributed by atoms with Crippen molar-refractivity contribution in [3.8, 4) is 0 Å². The highest BCUT2D eigenvalue weighted by molar-refractivity contribution is 8.00. The van der Waals surface area contributed by atoms with Gasteiger partial charge in [0.2, 0.25) is 23.7 Å². The SMILES string of the molecule is CCOC(=O)CON=C(C(=O)NC1C(=O)N2C(C(=O)[O-])=C(C[n+]3cccc4sccc43)CS[C@@H]12)c1noc(N)n1. The summed E-state index contributed by atoms with van der Waals surface area (Å²) in [7, 11) is 0. The van der Waals surface area contributed by atoms with Crippen molar-refractivity contribution in [2.45, 2.75) is 24.9 Å². The van der Waals surface area contributed by atoms with Crippen molar-refractivity contribution in [3.63, 3.8) is 0 Å². The van der Waals surface area contributed by atoms with Crippen LogP contribution >= 0.6 is 23.1 Å². The van der Waals surface area contributed by atoms with Gasteiger partial charge in [-0.15, -0.1) is 23.1 Å². The van der Waals surface area contributed by atoms with Crippen LogP contribution in [-0.2, 0) is 35.3 Å². The number of rotatable bonds is 10. The topological polar surface area (TPSA) is 206 Å². The Hall–Kier alpha value is -4.51. The van der Waals surface area contributed by atoms with E-state index < -0.39 is 47.5 Å². The van der Waals surface area contributed by atoms with Crippen molar-refractivity contribution < 1.29 is 42.9 Å². The van der Waals surface area contributed by atoms with Gasteiger partial charge in [0, 0.05) is 23.5 Å². The molecule has 5 heterocycles. The molecule has 1 unspecified atom stereocenters. The van der Waals surface area contributed by atoms with Gasteiger partial charge in [-0.05, 0) is 18.4 Å². The second-order valence-electron chi connectivity index (χ2n) is 8.38. The molecule has 3 aromatic heterocycles. The van der Waals surface area contributed by atoms with Gasteiger partial charge in [0.25, 0.3) is 11.8 Å². The molecule has 1 fully saturated rings. The van der Waals surface area contributed by atoms with Gasteiger partial charge in [-0.3, -0.25) is 14.5 Å². The van der Waals surface area contributed by atoms with E-state index >= 15 is 0 Å². The fourth-order valence-corrected chi connectivity index (χ4v) is 6.35. The number of hydrogen-bond donors (Lipinski definition) is 2. The summed E-state index contributed by atoms with van der Waals surface area (Å²) in [5.74, 6) is -3.88. The number of nitrogens with one attached hydrogen (secondary N) is 1. The van der Waals surface area contributed by atoms with Crippen molar-refractivity contribution in [1.29, 1.82) is 0 Å². The van der Waals surface area contributed by atoms with Gasteiger partial charge < -0.3 is 35.0 Å². The summed E-state index contributed by atoms with van der Waals surface area (Å²) in [5.41, 5.74) is 6.13. The number of carbonyl (C=O) groups is 4. The van der Waals surface area contributed by atoms with E-state index in [4.69, 9.17) is 15.3 Å². The third-order valence-electron chi connectivity index (χ3n) is 5.90. The van der Waals surface area contributed by atoms with Gasteiger partial charge in [0.15, 0.2) is 12.7 Å². The number of aromatic nitrogens is 3. The number of carboxylic acid groups (broad SMARTS) is 1. The number of nitrogens with two attached hydrogens (primary N) is 1. The number of aliphatic carboxylic acids is 1. The largest absolute Gasteiger partial charge is 0.543 e. The number of nitrogens with zero attached hydrogens (tertiary/aromatic N) is 5. The van der Waals surface area contributed by atoms with Gasteiger partial charge >= 0.3 is 12.0 Å². The Kier molecular flexibility index (Phi) is 7.65. The van der Waals surface area contributed by atoms with E-state index in [-0.39, 0.29) is 36.4 Å². The van der Waals surface area contributed by atoms with Crippen LogP contribution in [-0.4, -0.2) is 74.9 Å². The molecular formula is C23H21N7O8S2. The Morgan fingerprint density at radius 1 is 1.38 bits per heavy atom. The van der Waals surface area contributed by atoms with Crippen molar-refractivity contribution in [3.05, 3.63) is 46.9 Å². The fourth-order valence-electron chi connectivity index (χ4n) is 4.20. The predicted molar refractivity (Wildman–Crippen MR) is 137 cm³/mol. The summed E-state index contributed by atoms with van der Waals surface area (Å²) < 4.78 is 12.4. The van der Waals surface area contributed by atoms with E-state index in [0.717, 1.165) is 15.1 Å². The molecule has 2 aliphatic rings. The van der Waals surface area contributed by atoms with Crippen molar-refractivity contribution in [2.24, 2.45) is 5.16 Å². The second-order valence-corrected chi connectivity index (χ2v) is 10.4. The van der Waals surface area contributed by atoms with Gasteiger partial charge in [-0.25, -0.2) is 4.79 Å². The molecule has 0 bridgehead atoms. The molecule has 0 aliphatic carbocycles. The molecular weight excluding hydrogens is 566 g/mol. The second kappa shape index (κ2) is 11.3. The number of carboxylic acids is 1. The van der Waals surface area contributed by atoms with E-state index in [1.54, 1.807) is 18.3 Å². The molecule has 2 atom stereocenters. The number of β-lactam (4-membered cyclic amide) rings is 1. The smallest absolute Gasteiger partial charge is 0.347 e. The Balaban J connectivity index is 1.34. The third kappa shape index (κ3) is 5.20. The first-order chi connectivity index (χ1) is 19.3. The van der Waals surface area contributed by atoms with Crippen molar-refractivity contribution >= 4 is 68.8 Å². The zero-order valence-electron chi connectivity index (χ0n) is 20.8. The van der Waals surface area contributed by atoms with Crippen LogP contribution in [0.3, 0.4) is 0 Å². The van der Waals surface area contributed by atoms with E-state index in [1.807, 2.05) is 34.3 Å². The number of thiophene rings is 1. The molecule has 2 amide bonds. The molecule has 0 saturated carbocycles. The highest BCUT2D eigenvalue weighted by Gasteiger charge is 2.53. The Bertz CT molecular complexity index is 1570. The highest BCUT2D eigenvalue weighted by Crippen LogP contribution is 2.40. The highest BCUT2D eigenvalue weighted by atomic mass is 32.2. The van der Waals surface area contributed by atoms with Gasteiger partial charge in [-0.1, -0.05) is 10.3 Å². The summed E-state index contributed by atoms with van der Waals surface area (Å²) in [6.07, 6.45) is 1.84. The molecule has 0 radical (unpaired) electrons. The maximum atomic E-state index is 13.1. The molecule has 1 saturated heterocycles. The maximum absolute atomic E-state index is 13.1. The molecule has 0 aromatic carbocycles. The number of fused-ring (bicyclic) bond motifs is 2. The van der Waals surface area contributed by atoms with E-state index in [2.05, 4.69) is 25.1 Å². The zero-order chi connectivity index (χ0) is 28.4. The van der Waals surface area contributed by atoms with Gasteiger partial charge in [0.1, 0.15) is 11.4 Å². The lowest BCUT2D eigenvalue weighted by Gasteiger charge is -2.50. The molecule has 15 nitrogen and oxygen atoms in total. The lowest BCUT2D eigenvalue weighted by molar-refractivity contribution is -0.663. The summed E-state index contributed by atoms with van der Waals surface area (Å²) in [4.78, 5) is 59.7. The van der Waals surface area contributed by atoms with Crippen molar-refractivity contribution in [2.75, 3.05) is 24.7 Å². The van der Waals surface area contributed by atoms with Crippen LogP contribution in [0, 0.1) is 0 Å². The number of oxime groups is 1. The Morgan fingerprint density at radius 2 is 2.20 bits per heavy atom. The van der Waals surface area contributed by atoms with Crippen LogP contribution in [0.4, 0.5) is 6.01 Å². The van der Waals surface area contributed by atoms with E-state index in [1.165, 1.54) is 11.8 Å². The molecule has 2 aliphatic heterocycles. The van der Waals surface area contributed by atoms with Gasteiger partial charge in [0.05, 0.1) is 23.0 Å². The number of amides is 2. The predicted octanol–water partition coefficient (Wildman–Crippen LogP) is -1.46. The molecule has 208 valence electrons. The third-order valence-corrected chi connectivity index (χ3v) is 8.11. The van der Waals surface area contributed by atoms with Crippen LogP contribution in [0.1, 0.15) is 12.7 Å².